The molecule has 1 unspecified atom stereocenters. The lowest BCUT2D eigenvalue weighted by atomic mass is 10.1. The molecule has 108 valence electrons. The molecule has 0 aliphatic heterocycles. The van der Waals surface area contributed by atoms with Crippen LogP contribution >= 0.6 is 0 Å². The molecule has 0 fully saturated rings. The van der Waals surface area contributed by atoms with E-state index in [1.54, 1.807) is 18.2 Å². The SMILES string of the molecule is C=CC(=O)N(C=C)/C(C=C)=C/C=C(\C=C)CC(N)CO. The standard InChI is InChI=1S/C16H22N2O2/c1-5-13(11-14(17)12-19)9-10-15(6-2)18(8-4)16(20)7-3/h5-10,14,19H,1-4,11-12,17H2/b13-9+,15-10+. The van der Waals surface area contributed by atoms with Crippen molar-refractivity contribution in [3.63, 3.8) is 0 Å². The number of nitrogens with zero attached hydrogens (tertiary/aromatic N) is 1. The zero-order valence-corrected chi connectivity index (χ0v) is 11.7. The molecule has 20 heavy (non-hydrogen) atoms. The summed E-state index contributed by atoms with van der Waals surface area (Å²) >= 11 is 0. The van der Waals surface area contributed by atoms with Gasteiger partial charge in [0.2, 0.25) is 0 Å². The Labute approximate surface area is 120 Å². The third-order valence-electron chi connectivity index (χ3n) is 2.54. The Kier molecular flexibility index (Phi) is 8.67. The first kappa shape index (κ1) is 17.8. The smallest absolute Gasteiger partial charge is 0.254 e. The van der Waals surface area contributed by atoms with Crippen LogP contribution in [0.2, 0.25) is 0 Å². The minimum atomic E-state index is -0.342. The van der Waals surface area contributed by atoms with Crippen LogP contribution in [-0.2, 0) is 4.79 Å². The maximum absolute atomic E-state index is 11.6. The van der Waals surface area contributed by atoms with Crippen molar-refractivity contribution in [3.8, 4) is 0 Å². The number of hydrogen-bond donors (Lipinski definition) is 2. The van der Waals surface area contributed by atoms with E-state index in [9.17, 15) is 4.79 Å². The second-order valence-electron chi connectivity index (χ2n) is 3.98. The molecule has 1 atom stereocenters. The summed E-state index contributed by atoms with van der Waals surface area (Å²) in [6, 6.07) is -0.342. The molecule has 0 spiro atoms. The Morgan fingerprint density at radius 2 is 1.80 bits per heavy atom. The van der Waals surface area contributed by atoms with Crippen LogP contribution in [0.5, 0.6) is 0 Å². The van der Waals surface area contributed by atoms with Crippen LogP contribution in [0.3, 0.4) is 0 Å². The van der Waals surface area contributed by atoms with Crippen molar-refractivity contribution in [2.45, 2.75) is 12.5 Å². The maximum atomic E-state index is 11.6. The van der Waals surface area contributed by atoms with Crippen LogP contribution in [0.15, 0.2) is 74.2 Å². The molecule has 4 nitrogen and oxygen atoms in total. The number of hydrogen-bond acceptors (Lipinski definition) is 3. The van der Waals surface area contributed by atoms with Crippen LogP contribution in [0.25, 0.3) is 0 Å². The fourth-order valence-electron chi connectivity index (χ4n) is 1.45. The average molecular weight is 274 g/mol. The highest BCUT2D eigenvalue weighted by atomic mass is 16.3. The van der Waals surface area contributed by atoms with E-state index in [1.165, 1.54) is 23.3 Å². The first-order valence-electron chi connectivity index (χ1n) is 6.14. The molecule has 1 amide bonds. The molecule has 0 saturated heterocycles. The van der Waals surface area contributed by atoms with Crippen molar-refractivity contribution < 1.29 is 9.90 Å². The molecule has 0 heterocycles. The molecule has 0 aromatic rings. The average Bonchev–Trinajstić information content (AvgIpc) is 2.48. The molecule has 0 bridgehead atoms. The Morgan fingerprint density at radius 3 is 2.20 bits per heavy atom. The first-order valence-corrected chi connectivity index (χ1v) is 6.14. The van der Waals surface area contributed by atoms with Gasteiger partial charge in [0.15, 0.2) is 0 Å². The summed E-state index contributed by atoms with van der Waals surface area (Å²) in [7, 11) is 0. The van der Waals surface area contributed by atoms with Gasteiger partial charge in [-0.3, -0.25) is 9.69 Å². The molecule has 0 saturated carbocycles. The van der Waals surface area contributed by atoms with E-state index < -0.39 is 0 Å². The Morgan fingerprint density at radius 1 is 1.15 bits per heavy atom. The summed E-state index contributed by atoms with van der Waals surface area (Å²) in [5.41, 5.74) is 7.08. The molecule has 0 aromatic carbocycles. The van der Waals surface area contributed by atoms with E-state index in [1.807, 2.05) is 0 Å². The quantitative estimate of drug-likeness (QED) is 0.499. The van der Waals surface area contributed by atoms with Gasteiger partial charge in [0.05, 0.1) is 6.61 Å². The minimum Gasteiger partial charge on any atom is -0.395 e. The largest absolute Gasteiger partial charge is 0.395 e. The Balaban J connectivity index is 5.25. The van der Waals surface area contributed by atoms with Crippen molar-refractivity contribution in [2.75, 3.05) is 6.61 Å². The number of nitrogens with two attached hydrogens (primary N) is 1. The monoisotopic (exact) mass is 274 g/mol. The number of aliphatic hydroxyl groups excluding tert-OH is 1. The third-order valence-corrected chi connectivity index (χ3v) is 2.54. The van der Waals surface area contributed by atoms with Crippen LogP contribution < -0.4 is 5.73 Å². The lowest BCUT2D eigenvalue weighted by Crippen LogP contribution is -2.24. The highest BCUT2D eigenvalue weighted by Gasteiger charge is 2.08. The topological polar surface area (TPSA) is 66.6 Å². The van der Waals surface area contributed by atoms with Crippen molar-refractivity contribution >= 4 is 5.91 Å². The van der Waals surface area contributed by atoms with Crippen molar-refractivity contribution in [3.05, 3.63) is 74.2 Å². The number of rotatable bonds is 9. The first-order chi connectivity index (χ1) is 9.53. The summed E-state index contributed by atoms with van der Waals surface area (Å²) in [5.74, 6) is -0.299. The van der Waals surface area contributed by atoms with Gasteiger partial charge in [0.1, 0.15) is 0 Å². The summed E-state index contributed by atoms with van der Waals surface area (Å²) in [6.45, 7) is 14.3. The molecule has 0 aromatic heterocycles. The fraction of sp³-hybridized carbons (Fsp3) is 0.188. The fourth-order valence-corrected chi connectivity index (χ4v) is 1.45. The van der Waals surface area contributed by atoms with Gasteiger partial charge < -0.3 is 10.8 Å². The van der Waals surface area contributed by atoms with E-state index in [-0.39, 0.29) is 18.6 Å². The maximum Gasteiger partial charge on any atom is 0.254 e. The predicted molar refractivity (Wildman–Crippen MR) is 83.5 cm³/mol. The number of aliphatic hydroxyl groups is 1. The highest BCUT2D eigenvalue weighted by Crippen LogP contribution is 2.11. The summed E-state index contributed by atoms with van der Waals surface area (Å²) in [4.78, 5) is 13.0. The van der Waals surface area contributed by atoms with Crippen molar-refractivity contribution in [2.24, 2.45) is 5.73 Å². The van der Waals surface area contributed by atoms with Gasteiger partial charge in [0.25, 0.3) is 5.91 Å². The summed E-state index contributed by atoms with van der Waals surface area (Å²) in [6.07, 6.45) is 9.73. The van der Waals surface area contributed by atoms with E-state index >= 15 is 0 Å². The van der Waals surface area contributed by atoms with Gasteiger partial charge in [0, 0.05) is 17.9 Å². The van der Waals surface area contributed by atoms with Crippen LogP contribution in [0.4, 0.5) is 0 Å². The Bertz CT molecular complexity index is 447. The van der Waals surface area contributed by atoms with E-state index in [0.29, 0.717) is 12.1 Å². The van der Waals surface area contributed by atoms with Crippen LogP contribution in [0, 0.1) is 0 Å². The molecule has 3 N–H and O–H groups in total. The molecule has 0 aliphatic carbocycles. The number of carbonyl (C=O) groups excluding carboxylic acids is 1. The normalized spacial score (nSPS) is 13.3. The predicted octanol–water partition coefficient (Wildman–Crippen LogP) is 2.04. The van der Waals surface area contributed by atoms with Crippen molar-refractivity contribution in [1.82, 2.24) is 4.90 Å². The molecular formula is C16H22N2O2. The van der Waals surface area contributed by atoms with Gasteiger partial charge in [-0.2, -0.15) is 0 Å². The lowest BCUT2D eigenvalue weighted by molar-refractivity contribution is -0.121. The van der Waals surface area contributed by atoms with E-state index in [0.717, 1.165) is 5.57 Å². The van der Waals surface area contributed by atoms with Gasteiger partial charge in [-0.15, -0.1) is 0 Å². The van der Waals surface area contributed by atoms with Gasteiger partial charge in [-0.05, 0) is 30.2 Å². The second kappa shape index (κ2) is 9.72. The Hall–Kier alpha value is -2.17. The highest BCUT2D eigenvalue weighted by molar-refractivity contribution is 5.89. The zero-order valence-electron chi connectivity index (χ0n) is 11.7. The van der Waals surface area contributed by atoms with E-state index in [2.05, 4.69) is 26.3 Å². The van der Waals surface area contributed by atoms with Crippen LogP contribution in [0.1, 0.15) is 6.42 Å². The number of allylic oxidation sites excluding steroid dienone is 4. The zero-order chi connectivity index (χ0) is 15.5. The molecule has 0 radical (unpaired) electrons. The van der Waals surface area contributed by atoms with E-state index in [4.69, 9.17) is 10.8 Å². The van der Waals surface area contributed by atoms with Gasteiger partial charge >= 0.3 is 0 Å². The number of amides is 1. The minimum absolute atomic E-state index is 0.100. The third kappa shape index (κ3) is 5.65. The molecule has 0 rings (SSSR count). The lowest BCUT2D eigenvalue weighted by Gasteiger charge is -2.16. The molecular weight excluding hydrogens is 252 g/mol. The van der Waals surface area contributed by atoms with Gasteiger partial charge in [-0.1, -0.05) is 38.5 Å². The summed E-state index contributed by atoms with van der Waals surface area (Å²) < 4.78 is 0. The van der Waals surface area contributed by atoms with Crippen molar-refractivity contribution in [1.29, 1.82) is 0 Å². The van der Waals surface area contributed by atoms with Gasteiger partial charge in [-0.25, -0.2) is 0 Å². The molecule has 4 heteroatoms. The van der Waals surface area contributed by atoms with Crippen LogP contribution in [-0.4, -0.2) is 28.6 Å². The molecule has 0 aliphatic rings. The number of carbonyl (C=O) groups is 1. The summed E-state index contributed by atoms with van der Waals surface area (Å²) in [5, 5.41) is 8.94. The second-order valence-corrected chi connectivity index (χ2v) is 3.98.